The van der Waals surface area contributed by atoms with Crippen LogP contribution in [0.5, 0.6) is 0 Å². The lowest BCUT2D eigenvalue weighted by Crippen LogP contribution is -2.28. The van der Waals surface area contributed by atoms with Gasteiger partial charge in [-0.3, -0.25) is 4.79 Å². The van der Waals surface area contributed by atoms with E-state index in [-0.39, 0.29) is 5.91 Å². The van der Waals surface area contributed by atoms with Crippen molar-refractivity contribution < 1.29 is 13.2 Å². The predicted octanol–water partition coefficient (Wildman–Crippen LogP) is 1.87. The van der Waals surface area contributed by atoms with E-state index >= 15 is 0 Å². The van der Waals surface area contributed by atoms with Crippen LogP contribution in [0.15, 0.2) is 29.2 Å². The minimum Gasteiger partial charge on any atom is -0.352 e. The molecule has 1 aliphatic rings. The highest BCUT2D eigenvalue weighted by molar-refractivity contribution is 9.09. The second kappa shape index (κ2) is 7.38. The fourth-order valence-electron chi connectivity index (χ4n) is 2.23. The number of benzene rings is 1. The minimum absolute atomic E-state index is 0.0272. The molecule has 0 aliphatic carbocycles. The molecule has 0 aromatic heterocycles. The molecule has 7 heteroatoms. The van der Waals surface area contributed by atoms with Crippen molar-refractivity contribution in [2.24, 2.45) is 0 Å². The van der Waals surface area contributed by atoms with Crippen LogP contribution in [-0.4, -0.2) is 37.0 Å². The third-order valence-corrected chi connectivity index (χ3v) is 5.75. The third-order valence-electron chi connectivity index (χ3n) is 3.44. The van der Waals surface area contributed by atoms with Gasteiger partial charge in [0, 0.05) is 31.4 Å². The van der Waals surface area contributed by atoms with Gasteiger partial charge in [-0.2, -0.15) is 4.31 Å². The van der Waals surface area contributed by atoms with Gasteiger partial charge in [-0.15, -0.1) is 0 Å². The first kappa shape index (κ1) is 16.5. The Morgan fingerprint density at radius 3 is 2.38 bits per heavy atom. The van der Waals surface area contributed by atoms with Crippen LogP contribution in [-0.2, 0) is 21.4 Å². The summed E-state index contributed by atoms with van der Waals surface area (Å²) in [5.74, 6) is -0.0272. The molecular weight excluding hydrogens is 356 g/mol. The maximum Gasteiger partial charge on any atom is 0.243 e. The van der Waals surface area contributed by atoms with Gasteiger partial charge < -0.3 is 5.32 Å². The topological polar surface area (TPSA) is 66.5 Å². The van der Waals surface area contributed by atoms with E-state index < -0.39 is 10.0 Å². The normalized spacial score (nSPS) is 16.0. The van der Waals surface area contributed by atoms with Crippen molar-refractivity contribution in [3.63, 3.8) is 0 Å². The zero-order valence-corrected chi connectivity index (χ0v) is 14.1. The summed E-state index contributed by atoms with van der Waals surface area (Å²) in [6.07, 6.45) is 2.29. The molecule has 1 heterocycles. The zero-order valence-electron chi connectivity index (χ0n) is 11.7. The summed E-state index contributed by atoms with van der Waals surface area (Å²) in [4.78, 5) is 11.7. The van der Waals surface area contributed by atoms with Crippen molar-refractivity contribution in [1.29, 1.82) is 0 Å². The Bertz CT molecular complexity index is 581. The van der Waals surface area contributed by atoms with Gasteiger partial charge in [0.2, 0.25) is 15.9 Å². The Hall–Kier alpha value is -0.920. The average molecular weight is 375 g/mol. The monoisotopic (exact) mass is 374 g/mol. The molecule has 0 unspecified atom stereocenters. The molecule has 1 fully saturated rings. The van der Waals surface area contributed by atoms with Crippen molar-refractivity contribution in [3.8, 4) is 0 Å². The molecule has 5 nitrogen and oxygen atoms in total. The first-order valence-corrected chi connectivity index (χ1v) is 9.52. The Balaban J connectivity index is 2.00. The molecule has 1 aliphatic heterocycles. The van der Waals surface area contributed by atoms with Crippen molar-refractivity contribution >= 4 is 31.9 Å². The molecule has 0 bridgehead atoms. The molecule has 2 rings (SSSR count). The van der Waals surface area contributed by atoms with Crippen LogP contribution in [0.1, 0.15) is 24.8 Å². The molecule has 21 heavy (non-hydrogen) atoms. The summed E-state index contributed by atoms with van der Waals surface area (Å²) >= 11 is 3.21. The van der Waals surface area contributed by atoms with Gasteiger partial charge in [0.1, 0.15) is 0 Å². The van der Waals surface area contributed by atoms with E-state index in [1.165, 1.54) is 4.31 Å². The van der Waals surface area contributed by atoms with Crippen LogP contribution in [0.4, 0.5) is 0 Å². The van der Waals surface area contributed by atoms with E-state index in [0.29, 0.717) is 36.3 Å². The molecule has 0 radical (unpaired) electrons. The molecular formula is C14H19BrN2O3S. The Morgan fingerprint density at radius 1 is 1.19 bits per heavy atom. The maximum absolute atomic E-state index is 12.3. The fraction of sp³-hybridized carbons (Fsp3) is 0.500. The van der Waals surface area contributed by atoms with Crippen LogP contribution >= 0.6 is 15.9 Å². The maximum atomic E-state index is 12.3. The van der Waals surface area contributed by atoms with Gasteiger partial charge in [-0.25, -0.2) is 8.42 Å². The molecule has 1 N–H and O–H groups in total. The Morgan fingerprint density at radius 2 is 1.81 bits per heavy atom. The SMILES string of the molecule is O=C(CCBr)NCc1ccc(S(=O)(=O)N2CCCC2)cc1. The first-order valence-electron chi connectivity index (χ1n) is 6.96. The van der Waals surface area contributed by atoms with Crippen molar-refractivity contribution in [1.82, 2.24) is 9.62 Å². The van der Waals surface area contributed by atoms with Crippen LogP contribution in [0.25, 0.3) is 0 Å². The number of carbonyl (C=O) groups is 1. The standard InChI is InChI=1S/C14H19BrN2O3S/c15-8-7-14(18)16-11-12-3-5-13(6-4-12)21(19,20)17-9-1-2-10-17/h3-6H,1-2,7-11H2,(H,16,18). The van der Waals surface area contributed by atoms with E-state index in [9.17, 15) is 13.2 Å². The third kappa shape index (κ3) is 4.28. The fourth-order valence-corrected chi connectivity index (χ4v) is 4.11. The predicted molar refractivity (Wildman–Crippen MR) is 84.7 cm³/mol. The van der Waals surface area contributed by atoms with Crippen molar-refractivity contribution in [2.75, 3.05) is 18.4 Å². The average Bonchev–Trinajstić information content (AvgIpc) is 3.01. The highest BCUT2D eigenvalue weighted by Crippen LogP contribution is 2.21. The van der Waals surface area contributed by atoms with Gasteiger partial charge in [0.25, 0.3) is 0 Å². The summed E-state index contributed by atoms with van der Waals surface area (Å²) < 4.78 is 26.2. The van der Waals surface area contributed by atoms with Crippen LogP contribution in [0.2, 0.25) is 0 Å². The summed E-state index contributed by atoms with van der Waals surface area (Å²) in [6, 6.07) is 6.72. The number of rotatable bonds is 6. The first-order chi connectivity index (χ1) is 10.0. The number of hydrogen-bond donors (Lipinski definition) is 1. The van der Waals surface area contributed by atoms with Crippen molar-refractivity contribution in [3.05, 3.63) is 29.8 Å². The number of nitrogens with one attached hydrogen (secondary N) is 1. The van der Waals surface area contributed by atoms with Crippen LogP contribution in [0, 0.1) is 0 Å². The highest BCUT2D eigenvalue weighted by atomic mass is 79.9. The molecule has 0 saturated carbocycles. The smallest absolute Gasteiger partial charge is 0.243 e. The molecule has 1 amide bonds. The van der Waals surface area contributed by atoms with E-state index in [1.54, 1.807) is 24.3 Å². The van der Waals surface area contributed by atoms with E-state index in [2.05, 4.69) is 21.2 Å². The number of carbonyl (C=O) groups excluding carboxylic acids is 1. The van der Waals surface area contributed by atoms with Crippen LogP contribution < -0.4 is 5.32 Å². The van der Waals surface area contributed by atoms with Gasteiger partial charge in [0.15, 0.2) is 0 Å². The zero-order chi connectivity index (χ0) is 15.3. The molecule has 1 aromatic rings. The summed E-state index contributed by atoms with van der Waals surface area (Å²) in [5, 5.41) is 3.42. The van der Waals surface area contributed by atoms with Crippen molar-refractivity contribution in [2.45, 2.75) is 30.7 Å². The number of alkyl halides is 1. The van der Waals surface area contributed by atoms with Gasteiger partial charge in [0.05, 0.1) is 4.90 Å². The van der Waals surface area contributed by atoms with E-state index in [1.807, 2.05) is 0 Å². The highest BCUT2D eigenvalue weighted by Gasteiger charge is 2.26. The lowest BCUT2D eigenvalue weighted by Gasteiger charge is -2.15. The van der Waals surface area contributed by atoms with Crippen LogP contribution in [0.3, 0.4) is 0 Å². The molecule has 0 atom stereocenters. The lowest BCUT2D eigenvalue weighted by molar-refractivity contribution is -0.120. The van der Waals surface area contributed by atoms with E-state index in [0.717, 1.165) is 18.4 Å². The molecule has 1 saturated heterocycles. The number of halogens is 1. The number of nitrogens with zero attached hydrogens (tertiary/aromatic N) is 1. The molecule has 0 spiro atoms. The summed E-state index contributed by atoms with van der Waals surface area (Å²) in [7, 11) is -3.36. The quantitative estimate of drug-likeness (QED) is 0.772. The summed E-state index contributed by atoms with van der Waals surface area (Å²) in [6.45, 7) is 1.62. The molecule has 116 valence electrons. The van der Waals surface area contributed by atoms with E-state index in [4.69, 9.17) is 0 Å². The Labute approximate surface area is 133 Å². The largest absolute Gasteiger partial charge is 0.352 e. The molecule has 1 aromatic carbocycles. The van der Waals surface area contributed by atoms with Gasteiger partial charge in [-0.1, -0.05) is 28.1 Å². The number of hydrogen-bond acceptors (Lipinski definition) is 3. The second-order valence-corrected chi connectivity index (χ2v) is 7.70. The number of sulfonamides is 1. The van der Waals surface area contributed by atoms with Gasteiger partial charge in [-0.05, 0) is 30.5 Å². The lowest BCUT2D eigenvalue weighted by atomic mass is 10.2. The van der Waals surface area contributed by atoms with Gasteiger partial charge >= 0.3 is 0 Å². The summed E-state index contributed by atoms with van der Waals surface area (Å²) in [5.41, 5.74) is 0.887. The Kier molecular flexibility index (Phi) is 5.78. The minimum atomic E-state index is -3.36. The second-order valence-electron chi connectivity index (χ2n) is 4.97. The number of amides is 1.